The van der Waals surface area contributed by atoms with E-state index in [2.05, 4.69) is 11.8 Å². The fourth-order valence-electron chi connectivity index (χ4n) is 3.40. The first-order valence-corrected chi connectivity index (χ1v) is 7.72. The van der Waals surface area contributed by atoms with E-state index < -0.39 is 0 Å². The highest BCUT2D eigenvalue weighted by atomic mass is 35.5. The van der Waals surface area contributed by atoms with Crippen molar-refractivity contribution in [3.05, 3.63) is 0 Å². The average Bonchev–Trinajstić information content (AvgIpc) is 2.81. The summed E-state index contributed by atoms with van der Waals surface area (Å²) < 4.78 is 0. The highest BCUT2D eigenvalue weighted by molar-refractivity contribution is 5.85. The molecule has 2 N–H and O–H groups in total. The summed E-state index contributed by atoms with van der Waals surface area (Å²) in [6.45, 7) is 5.49. The molecule has 0 radical (unpaired) electrons. The summed E-state index contributed by atoms with van der Waals surface area (Å²) >= 11 is 0. The van der Waals surface area contributed by atoms with Gasteiger partial charge in [0.25, 0.3) is 0 Å². The zero-order chi connectivity index (χ0) is 13.9. The predicted octanol–water partition coefficient (Wildman–Crippen LogP) is 1.87. The van der Waals surface area contributed by atoms with Gasteiger partial charge in [-0.1, -0.05) is 26.2 Å². The Morgan fingerprint density at radius 1 is 1.35 bits per heavy atom. The first-order valence-electron chi connectivity index (χ1n) is 7.72. The van der Waals surface area contributed by atoms with Gasteiger partial charge in [0.2, 0.25) is 5.91 Å². The summed E-state index contributed by atoms with van der Waals surface area (Å²) in [6, 6.07) is 0.477. The molecule has 1 atom stereocenters. The van der Waals surface area contributed by atoms with Crippen LogP contribution in [0.4, 0.5) is 0 Å². The van der Waals surface area contributed by atoms with E-state index in [0.717, 1.165) is 26.1 Å². The molecule has 2 fully saturated rings. The van der Waals surface area contributed by atoms with E-state index in [1.54, 1.807) is 0 Å². The lowest BCUT2D eigenvalue weighted by molar-refractivity contribution is -0.133. The number of nitrogens with two attached hydrogens (primary N) is 1. The normalized spacial score (nSPS) is 28.1. The zero-order valence-electron chi connectivity index (χ0n) is 12.9. The van der Waals surface area contributed by atoms with Gasteiger partial charge in [0.05, 0.1) is 6.54 Å². The number of likely N-dealkylation sites (N-methyl/N-ethyl adjacent to an activating group) is 1. The van der Waals surface area contributed by atoms with Crippen LogP contribution >= 0.6 is 12.4 Å². The van der Waals surface area contributed by atoms with Crippen LogP contribution in [0, 0.1) is 5.41 Å². The van der Waals surface area contributed by atoms with Crippen molar-refractivity contribution in [2.75, 3.05) is 33.2 Å². The smallest absolute Gasteiger partial charge is 0.236 e. The average molecular weight is 304 g/mol. The Balaban J connectivity index is 0.00000200. The quantitative estimate of drug-likeness (QED) is 0.862. The molecule has 5 heteroatoms. The summed E-state index contributed by atoms with van der Waals surface area (Å²) in [5.41, 5.74) is 6.03. The van der Waals surface area contributed by atoms with Crippen LogP contribution in [0.3, 0.4) is 0 Å². The highest BCUT2D eigenvalue weighted by Crippen LogP contribution is 2.28. The first kappa shape index (κ1) is 17.7. The Bertz CT molecular complexity index is 320. The van der Waals surface area contributed by atoms with Gasteiger partial charge >= 0.3 is 0 Å². The molecule has 118 valence electrons. The molecule has 1 amide bonds. The predicted molar refractivity (Wildman–Crippen MR) is 85.1 cm³/mol. The van der Waals surface area contributed by atoms with Crippen LogP contribution in [-0.4, -0.2) is 55.0 Å². The maximum absolute atomic E-state index is 12.4. The third-order valence-corrected chi connectivity index (χ3v) is 5.00. The highest BCUT2D eigenvalue weighted by Gasteiger charge is 2.34. The Labute approximate surface area is 129 Å². The van der Waals surface area contributed by atoms with Crippen LogP contribution in [0.2, 0.25) is 0 Å². The maximum Gasteiger partial charge on any atom is 0.236 e. The summed E-state index contributed by atoms with van der Waals surface area (Å²) in [4.78, 5) is 16.6. The standard InChI is InChI=1S/C15H29N3O.ClH/c1-15(11-16)8-9-18(12-15)10-14(19)17(2)13-6-4-3-5-7-13;/h13H,3-12,16H2,1-2H3;1H. The molecule has 0 bridgehead atoms. The fourth-order valence-corrected chi connectivity index (χ4v) is 3.40. The number of halogens is 1. The van der Waals surface area contributed by atoms with Crippen molar-refractivity contribution in [3.8, 4) is 0 Å². The third-order valence-electron chi connectivity index (χ3n) is 5.00. The molecule has 1 aliphatic carbocycles. The van der Waals surface area contributed by atoms with E-state index in [1.807, 2.05) is 11.9 Å². The largest absolute Gasteiger partial charge is 0.342 e. The molecule has 0 aromatic rings. The molecule has 2 rings (SSSR count). The summed E-state index contributed by atoms with van der Waals surface area (Å²) in [5, 5.41) is 0. The van der Waals surface area contributed by atoms with Gasteiger partial charge in [-0.2, -0.15) is 0 Å². The molecule has 1 saturated heterocycles. The number of nitrogens with zero attached hydrogens (tertiary/aromatic N) is 2. The first-order chi connectivity index (χ1) is 9.04. The molecule has 0 aromatic heterocycles. The summed E-state index contributed by atoms with van der Waals surface area (Å²) in [5.74, 6) is 0.285. The number of hydrogen-bond donors (Lipinski definition) is 1. The van der Waals surface area contributed by atoms with Crippen molar-refractivity contribution in [1.82, 2.24) is 9.80 Å². The number of amides is 1. The van der Waals surface area contributed by atoms with Crippen molar-refractivity contribution in [2.24, 2.45) is 11.1 Å². The molecule has 4 nitrogen and oxygen atoms in total. The van der Waals surface area contributed by atoms with E-state index in [9.17, 15) is 4.79 Å². The second-order valence-corrected chi connectivity index (χ2v) is 6.77. The summed E-state index contributed by atoms with van der Waals surface area (Å²) in [7, 11) is 1.98. The monoisotopic (exact) mass is 303 g/mol. The molecule has 20 heavy (non-hydrogen) atoms. The zero-order valence-corrected chi connectivity index (χ0v) is 13.8. The van der Waals surface area contributed by atoms with Crippen LogP contribution < -0.4 is 5.73 Å². The van der Waals surface area contributed by atoms with Crippen molar-refractivity contribution in [2.45, 2.75) is 51.5 Å². The van der Waals surface area contributed by atoms with E-state index in [4.69, 9.17) is 5.73 Å². The van der Waals surface area contributed by atoms with Crippen LogP contribution in [0.15, 0.2) is 0 Å². The van der Waals surface area contributed by atoms with Crippen molar-refractivity contribution in [1.29, 1.82) is 0 Å². The van der Waals surface area contributed by atoms with Gasteiger partial charge in [-0.15, -0.1) is 12.4 Å². The minimum Gasteiger partial charge on any atom is -0.342 e. The molecular weight excluding hydrogens is 274 g/mol. The minimum absolute atomic E-state index is 0. The molecule has 1 saturated carbocycles. The van der Waals surface area contributed by atoms with E-state index in [-0.39, 0.29) is 23.7 Å². The van der Waals surface area contributed by atoms with Crippen molar-refractivity contribution < 1.29 is 4.79 Å². The van der Waals surface area contributed by atoms with Crippen LogP contribution in [-0.2, 0) is 4.79 Å². The van der Waals surface area contributed by atoms with Crippen molar-refractivity contribution >= 4 is 18.3 Å². The van der Waals surface area contributed by atoms with Gasteiger partial charge in [-0.25, -0.2) is 0 Å². The molecule has 0 spiro atoms. The Kier molecular flexibility index (Phi) is 6.76. The number of rotatable bonds is 4. The topological polar surface area (TPSA) is 49.6 Å². The van der Waals surface area contributed by atoms with Gasteiger partial charge < -0.3 is 10.6 Å². The molecular formula is C15H30ClN3O. The molecule has 2 aliphatic rings. The number of hydrogen-bond acceptors (Lipinski definition) is 3. The molecule has 0 aromatic carbocycles. The number of carbonyl (C=O) groups is 1. The Morgan fingerprint density at radius 3 is 2.55 bits per heavy atom. The van der Waals surface area contributed by atoms with E-state index in [1.165, 1.54) is 32.1 Å². The lowest BCUT2D eigenvalue weighted by Gasteiger charge is -2.32. The van der Waals surface area contributed by atoms with Crippen LogP contribution in [0.5, 0.6) is 0 Å². The van der Waals surface area contributed by atoms with Gasteiger partial charge in [-0.3, -0.25) is 9.69 Å². The second-order valence-electron chi connectivity index (χ2n) is 6.77. The van der Waals surface area contributed by atoms with Crippen LogP contribution in [0.25, 0.3) is 0 Å². The molecule has 1 unspecified atom stereocenters. The van der Waals surface area contributed by atoms with Gasteiger partial charge in [0, 0.05) is 19.6 Å². The minimum atomic E-state index is 0. The maximum atomic E-state index is 12.4. The number of likely N-dealkylation sites (tertiary alicyclic amines) is 1. The van der Waals surface area contributed by atoms with E-state index >= 15 is 0 Å². The number of carbonyl (C=O) groups excluding carboxylic acids is 1. The Hall–Kier alpha value is -0.320. The van der Waals surface area contributed by atoms with Crippen molar-refractivity contribution in [3.63, 3.8) is 0 Å². The van der Waals surface area contributed by atoms with Gasteiger partial charge in [0.15, 0.2) is 0 Å². The second kappa shape index (κ2) is 7.62. The van der Waals surface area contributed by atoms with E-state index in [0.29, 0.717) is 12.6 Å². The lowest BCUT2D eigenvalue weighted by Crippen LogP contribution is -2.44. The molecule has 1 heterocycles. The van der Waals surface area contributed by atoms with Crippen LogP contribution in [0.1, 0.15) is 45.4 Å². The van der Waals surface area contributed by atoms with Gasteiger partial charge in [0.1, 0.15) is 0 Å². The summed E-state index contributed by atoms with van der Waals surface area (Å²) in [6.07, 6.45) is 7.36. The Morgan fingerprint density at radius 2 is 2.00 bits per heavy atom. The fraction of sp³-hybridized carbons (Fsp3) is 0.933. The molecule has 1 aliphatic heterocycles. The SMILES string of the molecule is CN(C(=O)CN1CCC(C)(CN)C1)C1CCCCC1.Cl. The van der Waals surface area contributed by atoms with Gasteiger partial charge in [-0.05, 0) is 37.8 Å². The third kappa shape index (κ3) is 4.34. The lowest BCUT2D eigenvalue weighted by atomic mass is 9.90.